The first-order valence-electron chi connectivity index (χ1n) is 9.18. The Morgan fingerprint density at radius 2 is 1.93 bits per heavy atom. The number of carbonyl (C=O) groups excluding carboxylic acids is 2. The zero-order valence-electron chi connectivity index (χ0n) is 16.2. The van der Waals surface area contributed by atoms with Gasteiger partial charge in [-0.25, -0.2) is 4.98 Å². The molecule has 2 heterocycles. The number of rotatable bonds is 8. The van der Waals surface area contributed by atoms with E-state index in [2.05, 4.69) is 25.6 Å². The average Bonchev–Trinajstić information content (AvgIpc) is 2.67. The van der Waals surface area contributed by atoms with Gasteiger partial charge in [0.15, 0.2) is 0 Å². The van der Waals surface area contributed by atoms with Crippen LogP contribution in [-0.4, -0.2) is 32.8 Å². The van der Waals surface area contributed by atoms with E-state index in [-0.39, 0.29) is 23.2 Å². The van der Waals surface area contributed by atoms with Crippen LogP contribution < -0.4 is 22.1 Å². The number of hydrogen-bond acceptors (Lipinski definition) is 7. The lowest BCUT2D eigenvalue weighted by Crippen LogP contribution is -2.37. The highest BCUT2D eigenvalue weighted by Gasteiger charge is 2.19. The summed E-state index contributed by atoms with van der Waals surface area (Å²) < 4.78 is 0. The van der Waals surface area contributed by atoms with Crippen LogP contribution in [-0.2, 0) is 4.79 Å². The van der Waals surface area contributed by atoms with Gasteiger partial charge in [-0.3, -0.25) is 14.6 Å². The Hall–Kier alpha value is -3.75. The van der Waals surface area contributed by atoms with E-state index < -0.39 is 17.9 Å². The summed E-state index contributed by atoms with van der Waals surface area (Å²) in [6.45, 7) is 3.96. The molecule has 0 saturated carbocycles. The maximum Gasteiger partial charge on any atom is 0.254 e. The molecule has 0 saturated heterocycles. The summed E-state index contributed by atoms with van der Waals surface area (Å²) in [5.74, 6) is -0.530. The number of nitrogens with two attached hydrogens (primary N) is 2. The van der Waals surface area contributed by atoms with Gasteiger partial charge in [0.1, 0.15) is 17.4 Å². The van der Waals surface area contributed by atoms with Crippen LogP contribution in [0.15, 0.2) is 42.7 Å². The molecular weight excluding hydrogens is 370 g/mol. The topological polar surface area (TPSA) is 149 Å². The van der Waals surface area contributed by atoms with Crippen LogP contribution in [0.3, 0.4) is 0 Å². The van der Waals surface area contributed by atoms with Crippen molar-refractivity contribution in [1.82, 2.24) is 15.0 Å². The Morgan fingerprint density at radius 1 is 1.14 bits per heavy atom. The fourth-order valence-corrected chi connectivity index (χ4v) is 2.89. The van der Waals surface area contributed by atoms with Crippen molar-refractivity contribution < 1.29 is 9.59 Å². The molecule has 0 bridgehead atoms. The Bertz CT molecular complexity index is 1050. The van der Waals surface area contributed by atoms with E-state index in [1.807, 2.05) is 44.2 Å². The number of anilines is 3. The zero-order chi connectivity index (χ0) is 21.0. The summed E-state index contributed by atoms with van der Waals surface area (Å²) in [4.78, 5) is 36.3. The summed E-state index contributed by atoms with van der Waals surface area (Å²) >= 11 is 0. The quantitative estimate of drug-likeness (QED) is 0.458. The molecule has 2 aromatic heterocycles. The van der Waals surface area contributed by atoms with Gasteiger partial charge >= 0.3 is 0 Å². The van der Waals surface area contributed by atoms with E-state index >= 15 is 0 Å². The Kier molecular flexibility index (Phi) is 5.87. The van der Waals surface area contributed by atoms with Gasteiger partial charge in [0, 0.05) is 23.5 Å². The van der Waals surface area contributed by atoms with Crippen molar-refractivity contribution in [3.05, 3.63) is 48.3 Å². The van der Waals surface area contributed by atoms with Gasteiger partial charge in [0.25, 0.3) is 5.91 Å². The third-order valence-corrected chi connectivity index (χ3v) is 4.27. The highest BCUT2D eigenvalue weighted by Crippen LogP contribution is 2.23. The molecule has 0 fully saturated rings. The van der Waals surface area contributed by atoms with Crippen molar-refractivity contribution in [2.24, 2.45) is 17.4 Å². The van der Waals surface area contributed by atoms with Crippen LogP contribution in [0.4, 0.5) is 17.5 Å². The first kappa shape index (κ1) is 20.0. The third kappa shape index (κ3) is 4.95. The highest BCUT2D eigenvalue weighted by molar-refractivity contribution is 5.98. The van der Waals surface area contributed by atoms with Crippen LogP contribution in [0, 0.1) is 5.92 Å². The van der Waals surface area contributed by atoms with Gasteiger partial charge in [0.05, 0.1) is 5.52 Å². The van der Waals surface area contributed by atoms with Gasteiger partial charge in [-0.2, -0.15) is 4.98 Å². The van der Waals surface area contributed by atoms with Gasteiger partial charge in [0.2, 0.25) is 11.9 Å². The van der Waals surface area contributed by atoms with Crippen molar-refractivity contribution >= 4 is 40.2 Å². The maximum absolute atomic E-state index is 11.8. The Labute approximate surface area is 167 Å². The molecular formula is C20H23N7O2. The molecule has 150 valence electrons. The first-order valence-corrected chi connectivity index (χ1v) is 9.18. The summed E-state index contributed by atoms with van der Waals surface area (Å²) in [6, 6.07) is 8.70. The fraction of sp³-hybridized carbons (Fsp3) is 0.250. The molecule has 29 heavy (non-hydrogen) atoms. The number of primary amides is 2. The highest BCUT2D eigenvalue weighted by atomic mass is 16.1. The average molecular weight is 393 g/mol. The number of aromatic nitrogens is 3. The maximum atomic E-state index is 11.8. The summed E-state index contributed by atoms with van der Waals surface area (Å²) in [6.07, 6.45) is 3.56. The van der Waals surface area contributed by atoms with E-state index in [4.69, 9.17) is 11.5 Å². The van der Waals surface area contributed by atoms with Crippen molar-refractivity contribution in [2.75, 3.05) is 10.6 Å². The van der Waals surface area contributed by atoms with E-state index in [0.717, 1.165) is 10.9 Å². The lowest BCUT2D eigenvalue weighted by atomic mass is 10.0. The van der Waals surface area contributed by atoms with Gasteiger partial charge < -0.3 is 22.1 Å². The Balaban J connectivity index is 1.91. The van der Waals surface area contributed by atoms with E-state index in [9.17, 15) is 9.59 Å². The molecule has 9 heteroatoms. The second kappa shape index (κ2) is 8.51. The lowest BCUT2D eigenvalue weighted by molar-refractivity contribution is -0.119. The molecule has 1 aromatic carbocycles. The number of fused-ring (bicyclic) bond motifs is 1. The molecule has 1 atom stereocenters. The van der Waals surface area contributed by atoms with Crippen molar-refractivity contribution in [2.45, 2.75) is 26.3 Å². The molecule has 0 aliphatic rings. The van der Waals surface area contributed by atoms with E-state index in [1.54, 1.807) is 6.20 Å². The fourth-order valence-electron chi connectivity index (χ4n) is 2.89. The molecule has 0 radical (unpaired) electrons. The number of nitrogens with zero attached hydrogens (tertiary/aromatic N) is 3. The minimum absolute atomic E-state index is 0.126. The van der Waals surface area contributed by atoms with Crippen molar-refractivity contribution in [1.29, 1.82) is 0 Å². The van der Waals surface area contributed by atoms with Gasteiger partial charge in [-0.15, -0.1) is 0 Å². The van der Waals surface area contributed by atoms with Crippen LogP contribution in [0.25, 0.3) is 10.9 Å². The van der Waals surface area contributed by atoms with Crippen molar-refractivity contribution in [3.8, 4) is 0 Å². The number of benzene rings is 1. The van der Waals surface area contributed by atoms with Crippen molar-refractivity contribution in [3.63, 3.8) is 0 Å². The van der Waals surface area contributed by atoms with Gasteiger partial charge in [-0.1, -0.05) is 19.9 Å². The number of carbonyl (C=O) groups is 2. The summed E-state index contributed by atoms with van der Waals surface area (Å²) in [5, 5.41) is 6.95. The van der Waals surface area contributed by atoms with Crippen LogP contribution in [0.1, 0.15) is 30.6 Å². The molecule has 3 rings (SSSR count). The zero-order valence-corrected chi connectivity index (χ0v) is 16.2. The van der Waals surface area contributed by atoms with Crippen LogP contribution >= 0.6 is 0 Å². The monoisotopic (exact) mass is 393 g/mol. The summed E-state index contributed by atoms with van der Waals surface area (Å²) in [7, 11) is 0. The molecule has 9 nitrogen and oxygen atoms in total. The van der Waals surface area contributed by atoms with Crippen LogP contribution in [0.5, 0.6) is 0 Å². The molecule has 0 spiro atoms. The van der Waals surface area contributed by atoms with E-state index in [0.29, 0.717) is 12.1 Å². The minimum Gasteiger partial charge on any atom is -0.368 e. The number of nitrogens with one attached hydrogen (secondary N) is 2. The normalized spacial score (nSPS) is 12.0. The second-order valence-corrected chi connectivity index (χ2v) is 7.08. The Morgan fingerprint density at radius 3 is 2.62 bits per heavy atom. The van der Waals surface area contributed by atoms with Crippen LogP contribution in [0.2, 0.25) is 0 Å². The summed E-state index contributed by atoms with van der Waals surface area (Å²) in [5.41, 5.74) is 12.6. The van der Waals surface area contributed by atoms with Gasteiger partial charge in [-0.05, 0) is 36.6 Å². The lowest BCUT2D eigenvalue weighted by Gasteiger charge is -2.18. The second-order valence-electron chi connectivity index (χ2n) is 7.08. The SMILES string of the molecule is CC(C)C[C@@H](Nc1ncc(C(N)=O)c(Nc2ccc3ncccc3c2)n1)C(N)=O. The third-order valence-electron chi connectivity index (χ3n) is 4.27. The minimum atomic E-state index is -0.671. The first-order chi connectivity index (χ1) is 13.8. The molecule has 6 N–H and O–H groups in total. The molecule has 0 aliphatic carbocycles. The van der Waals surface area contributed by atoms with E-state index in [1.165, 1.54) is 6.20 Å². The predicted octanol–water partition coefficient (Wildman–Crippen LogP) is 2.18. The number of amides is 2. The molecule has 2 amide bonds. The molecule has 0 aliphatic heterocycles. The number of hydrogen-bond donors (Lipinski definition) is 4. The standard InChI is InChI=1S/C20H23N7O2/c1-11(2)8-16(18(22)29)26-20-24-10-14(17(21)28)19(27-20)25-13-5-6-15-12(9-13)4-3-7-23-15/h3-7,9-11,16H,8H2,1-2H3,(H2,21,28)(H2,22,29)(H2,24,25,26,27)/t16-/m1/s1. The number of pyridine rings is 1. The molecule has 0 unspecified atom stereocenters. The predicted molar refractivity (Wildman–Crippen MR) is 112 cm³/mol. The smallest absolute Gasteiger partial charge is 0.254 e. The largest absolute Gasteiger partial charge is 0.368 e. The molecule has 3 aromatic rings.